The van der Waals surface area contributed by atoms with Crippen LogP contribution in [0.3, 0.4) is 0 Å². The fourth-order valence-electron chi connectivity index (χ4n) is 4.47. The van der Waals surface area contributed by atoms with Gasteiger partial charge in [0.2, 0.25) is 10.0 Å². The van der Waals surface area contributed by atoms with Gasteiger partial charge in [0.15, 0.2) is 0 Å². The molecule has 0 radical (unpaired) electrons. The third-order valence-electron chi connectivity index (χ3n) is 5.83. The van der Waals surface area contributed by atoms with Crippen LogP contribution < -0.4 is 13.9 Å². The molecule has 2 aliphatic rings. The Labute approximate surface area is 177 Å². The number of methoxy groups -OCH3 is 1. The van der Waals surface area contributed by atoms with Crippen LogP contribution >= 0.6 is 0 Å². The van der Waals surface area contributed by atoms with Crippen LogP contribution in [0.1, 0.15) is 22.8 Å². The first kappa shape index (κ1) is 20.5. The Kier molecular flexibility index (Phi) is 5.36. The SMILES string of the molecule is COc1ccccc1N1CCN(C(=O)c2ccc3c(c2)C[C@H](C)N3S(C)(=O)=O)CC1. The van der Waals surface area contributed by atoms with Crippen molar-refractivity contribution in [2.75, 3.05) is 48.7 Å². The average Bonchev–Trinajstić information content (AvgIpc) is 3.08. The summed E-state index contributed by atoms with van der Waals surface area (Å²) in [5, 5.41) is 0. The smallest absolute Gasteiger partial charge is 0.253 e. The maximum absolute atomic E-state index is 13.1. The van der Waals surface area contributed by atoms with E-state index in [1.807, 2.05) is 42.2 Å². The van der Waals surface area contributed by atoms with Crippen molar-refractivity contribution in [2.45, 2.75) is 19.4 Å². The molecule has 0 N–H and O–H groups in total. The summed E-state index contributed by atoms with van der Waals surface area (Å²) in [6.07, 6.45) is 1.84. The number of fused-ring (bicyclic) bond motifs is 1. The minimum absolute atomic E-state index is 0.0112. The Bertz CT molecular complexity index is 1060. The maximum atomic E-state index is 13.1. The van der Waals surface area contributed by atoms with Gasteiger partial charge in [-0.2, -0.15) is 0 Å². The average molecular weight is 430 g/mol. The maximum Gasteiger partial charge on any atom is 0.253 e. The van der Waals surface area contributed by atoms with E-state index in [2.05, 4.69) is 4.90 Å². The van der Waals surface area contributed by atoms with Gasteiger partial charge in [-0.25, -0.2) is 8.42 Å². The third-order valence-corrected chi connectivity index (χ3v) is 7.10. The van der Waals surface area contributed by atoms with E-state index >= 15 is 0 Å². The number of hydrogen-bond acceptors (Lipinski definition) is 5. The molecular weight excluding hydrogens is 402 g/mol. The molecule has 0 spiro atoms. The van der Waals surface area contributed by atoms with Gasteiger partial charge in [0.1, 0.15) is 5.75 Å². The summed E-state index contributed by atoms with van der Waals surface area (Å²) in [6, 6.07) is 13.1. The van der Waals surface area contributed by atoms with Crippen LogP contribution in [0, 0.1) is 0 Å². The molecule has 1 amide bonds. The van der Waals surface area contributed by atoms with Crippen LogP contribution in [0.15, 0.2) is 42.5 Å². The number of piperazine rings is 1. The molecule has 1 fully saturated rings. The van der Waals surface area contributed by atoms with Crippen LogP contribution in [-0.2, 0) is 16.4 Å². The molecule has 8 heteroatoms. The van der Waals surface area contributed by atoms with E-state index in [4.69, 9.17) is 4.74 Å². The number of anilines is 2. The van der Waals surface area contributed by atoms with Crippen LogP contribution in [0.25, 0.3) is 0 Å². The Morgan fingerprint density at radius 1 is 1.03 bits per heavy atom. The second-order valence-corrected chi connectivity index (χ2v) is 9.77. The molecule has 7 nitrogen and oxygen atoms in total. The molecule has 2 aliphatic heterocycles. The normalized spacial score (nSPS) is 19.0. The molecule has 2 heterocycles. The van der Waals surface area contributed by atoms with Crippen molar-refractivity contribution < 1.29 is 17.9 Å². The topological polar surface area (TPSA) is 70.2 Å². The first-order valence-electron chi connectivity index (χ1n) is 10.1. The Morgan fingerprint density at radius 3 is 2.40 bits per heavy atom. The van der Waals surface area contributed by atoms with Crippen LogP contribution in [0.5, 0.6) is 5.75 Å². The Balaban J connectivity index is 1.47. The van der Waals surface area contributed by atoms with E-state index in [1.165, 1.54) is 10.6 Å². The van der Waals surface area contributed by atoms with Gasteiger partial charge >= 0.3 is 0 Å². The lowest BCUT2D eigenvalue weighted by Crippen LogP contribution is -2.48. The van der Waals surface area contributed by atoms with E-state index in [1.54, 1.807) is 19.2 Å². The Hall–Kier alpha value is -2.74. The minimum Gasteiger partial charge on any atom is -0.495 e. The van der Waals surface area contributed by atoms with E-state index in [0.29, 0.717) is 30.8 Å². The molecule has 1 atom stereocenters. The lowest BCUT2D eigenvalue weighted by atomic mass is 10.1. The van der Waals surface area contributed by atoms with E-state index in [-0.39, 0.29) is 11.9 Å². The zero-order valence-corrected chi connectivity index (χ0v) is 18.4. The summed E-state index contributed by atoms with van der Waals surface area (Å²) in [6.45, 7) is 4.60. The standard InChI is InChI=1S/C22H27N3O4S/c1-16-14-18-15-17(8-9-19(18)25(16)30(3,27)28)22(26)24-12-10-23(11-13-24)20-6-4-5-7-21(20)29-2/h4-9,15-16H,10-14H2,1-3H3/t16-/m0/s1. The second-order valence-electron chi connectivity index (χ2n) is 7.91. The first-order valence-corrected chi connectivity index (χ1v) is 11.9. The molecule has 0 aliphatic carbocycles. The summed E-state index contributed by atoms with van der Waals surface area (Å²) in [4.78, 5) is 17.2. The Morgan fingerprint density at radius 2 is 1.73 bits per heavy atom. The molecule has 0 bridgehead atoms. The van der Waals surface area contributed by atoms with Crippen molar-refractivity contribution in [3.8, 4) is 5.75 Å². The van der Waals surface area contributed by atoms with Gasteiger partial charge in [-0.1, -0.05) is 12.1 Å². The summed E-state index contributed by atoms with van der Waals surface area (Å²) in [7, 11) is -1.67. The van der Waals surface area contributed by atoms with Crippen molar-refractivity contribution in [3.63, 3.8) is 0 Å². The summed E-state index contributed by atoms with van der Waals surface area (Å²) < 4.78 is 31.1. The van der Waals surface area contributed by atoms with Gasteiger partial charge in [0.05, 0.1) is 24.7 Å². The van der Waals surface area contributed by atoms with Crippen molar-refractivity contribution in [1.82, 2.24) is 4.90 Å². The molecule has 2 aromatic rings. The van der Waals surface area contributed by atoms with Crippen molar-refractivity contribution in [1.29, 1.82) is 0 Å². The number of para-hydroxylation sites is 2. The highest BCUT2D eigenvalue weighted by Crippen LogP contribution is 2.35. The molecule has 0 aromatic heterocycles. The number of hydrogen-bond donors (Lipinski definition) is 0. The molecule has 0 unspecified atom stereocenters. The van der Waals surface area contributed by atoms with E-state index in [9.17, 15) is 13.2 Å². The molecule has 1 saturated heterocycles. The predicted octanol–water partition coefficient (Wildman–Crippen LogP) is 2.37. The lowest BCUT2D eigenvalue weighted by molar-refractivity contribution is 0.0746. The van der Waals surface area contributed by atoms with Crippen molar-refractivity contribution >= 4 is 27.3 Å². The number of sulfonamides is 1. The van der Waals surface area contributed by atoms with Gasteiger partial charge in [0.25, 0.3) is 5.91 Å². The second kappa shape index (κ2) is 7.83. The highest BCUT2D eigenvalue weighted by atomic mass is 32.2. The summed E-state index contributed by atoms with van der Waals surface area (Å²) >= 11 is 0. The van der Waals surface area contributed by atoms with Crippen LogP contribution in [-0.4, -0.2) is 64.8 Å². The third kappa shape index (κ3) is 3.71. The zero-order valence-electron chi connectivity index (χ0n) is 17.5. The zero-order chi connectivity index (χ0) is 21.5. The van der Waals surface area contributed by atoms with Gasteiger partial charge in [-0.15, -0.1) is 0 Å². The van der Waals surface area contributed by atoms with Gasteiger partial charge in [-0.05, 0) is 49.2 Å². The molecule has 4 rings (SSSR count). The predicted molar refractivity (Wildman–Crippen MR) is 118 cm³/mol. The molecule has 160 valence electrons. The summed E-state index contributed by atoms with van der Waals surface area (Å²) in [5.74, 6) is 0.823. The van der Waals surface area contributed by atoms with Crippen molar-refractivity contribution in [2.24, 2.45) is 0 Å². The first-order chi connectivity index (χ1) is 14.3. The fraction of sp³-hybridized carbons (Fsp3) is 0.409. The van der Waals surface area contributed by atoms with E-state index < -0.39 is 10.0 Å². The molecule has 2 aromatic carbocycles. The number of carbonyl (C=O) groups excluding carboxylic acids is 1. The number of amides is 1. The highest BCUT2D eigenvalue weighted by Gasteiger charge is 2.33. The number of nitrogens with zero attached hydrogens (tertiary/aromatic N) is 3. The molecule has 30 heavy (non-hydrogen) atoms. The monoisotopic (exact) mass is 429 g/mol. The lowest BCUT2D eigenvalue weighted by Gasteiger charge is -2.36. The number of benzene rings is 2. The number of rotatable bonds is 4. The van der Waals surface area contributed by atoms with Crippen LogP contribution in [0.2, 0.25) is 0 Å². The quantitative estimate of drug-likeness (QED) is 0.746. The van der Waals surface area contributed by atoms with Gasteiger partial charge < -0.3 is 14.5 Å². The van der Waals surface area contributed by atoms with Gasteiger partial charge in [0, 0.05) is 37.8 Å². The minimum atomic E-state index is -3.33. The molecule has 0 saturated carbocycles. The number of carbonyl (C=O) groups is 1. The van der Waals surface area contributed by atoms with E-state index in [0.717, 1.165) is 30.1 Å². The van der Waals surface area contributed by atoms with Crippen molar-refractivity contribution in [3.05, 3.63) is 53.6 Å². The largest absolute Gasteiger partial charge is 0.495 e. The molecular formula is C22H27N3O4S. The number of ether oxygens (including phenoxy) is 1. The summed E-state index contributed by atoms with van der Waals surface area (Å²) in [5.41, 5.74) is 3.25. The fourth-order valence-corrected chi connectivity index (χ4v) is 5.73. The highest BCUT2D eigenvalue weighted by molar-refractivity contribution is 7.92. The van der Waals surface area contributed by atoms with Gasteiger partial charge in [-0.3, -0.25) is 9.10 Å². The van der Waals surface area contributed by atoms with Crippen LogP contribution in [0.4, 0.5) is 11.4 Å².